The molecule has 1 N–H and O–H groups in total. The molecule has 0 atom stereocenters. The summed E-state index contributed by atoms with van der Waals surface area (Å²) in [4.78, 5) is 4.63. The summed E-state index contributed by atoms with van der Waals surface area (Å²) in [6.07, 6.45) is 2.58. The van der Waals surface area contributed by atoms with Gasteiger partial charge in [0.25, 0.3) is 0 Å². The van der Waals surface area contributed by atoms with E-state index < -0.39 is 0 Å². The van der Waals surface area contributed by atoms with Crippen molar-refractivity contribution in [3.63, 3.8) is 0 Å². The molecule has 156 valence electrons. The average molecular weight is 400 g/mol. The molecular weight excluding hydrogens is 371 g/mol. The predicted octanol–water partition coefficient (Wildman–Crippen LogP) is 3.59. The van der Waals surface area contributed by atoms with Crippen molar-refractivity contribution in [2.45, 2.75) is 19.5 Å². The highest BCUT2D eigenvalue weighted by molar-refractivity contribution is 5.49. The highest BCUT2D eigenvalue weighted by atomic mass is 19.1. The Balaban J connectivity index is 1.59. The van der Waals surface area contributed by atoms with Crippen LogP contribution in [0.5, 0.6) is 17.2 Å². The van der Waals surface area contributed by atoms with Crippen LogP contribution in [0.1, 0.15) is 16.7 Å². The lowest BCUT2D eigenvalue weighted by atomic mass is 10.0. The fourth-order valence-corrected chi connectivity index (χ4v) is 3.70. The first-order valence-corrected chi connectivity index (χ1v) is 9.80. The van der Waals surface area contributed by atoms with Gasteiger partial charge < -0.3 is 14.6 Å². The zero-order chi connectivity index (χ0) is 20.8. The monoisotopic (exact) mass is 400 g/mol. The molecule has 2 aromatic carbocycles. The van der Waals surface area contributed by atoms with Gasteiger partial charge in [-0.2, -0.15) is 0 Å². The Kier molecular flexibility index (Phi) is 7.12. The third-order valence-corrected chi connectivity index (χ3v) is 5.29. The number of aromatic hydroxyl groups is 1. The molecule has 5 nitrogen and oxygen atoms in total. The molecule has 29 heavy (non-hydrogen) atoms. The van der Waals surface area contributed by atoms with Crippen LogP contribution in [-0.4, -0.2) is 55.3 Å². The van der Waals surface area contributed by atoms with E-state index in [-0.39, 0.29) is 17.3 Å². The number of phenolic OH excluding ortho intramolecular Hbond substituents is 1. The van der Waals surface area contributed by atoms with Crippen LogP contribution in [0.2, 0.25) is 0 Å². The molecule has 0 amide bonds. The van der Waals surface area contributed by atoms with Gasteiger partial charge in [0.05, 0.1) is 14.2 Å². The lowest BCUT2D eigenvalue weighted by molar-refractivity contribution is 0.121. The number of rotatable bonds is 8. The summed E-state index contributed by atoms with van der Waals surface area (Å²) in [6, 6.07) is 9.00. The van der Waals surface area contributed by atoms with Crippen LogP contribution in [0.3, 0.4) is 0 Å². The third kappa shape index (κ3) is 5.28. The predicted molar refractivity (Wildman–Crippen MR) is 112 cm³/mol. The maximum atomic E-state index is 13.9. The number of nitrogens with zero attached hydrogens (tertiary/aromatic N) is 2. The number of benzene rings is 2. The topological polar surface area (TPSA) is 45.2 Å². The largest absolute Gasteiger partial charge is 0.504 e. The lowest BCUT2D eigenvalue weighted by Gasteiger charge is -2.35. The van der Waals surface area contributed by atoms with Gasteiger partial charge in [-0.25, -0.2) is 4.39 Å². The Morgan fingerprint density at radius 2 is 1.62 bits per heavy atom. The van der Waals surface area contributed by atoms with E-state index in [1.165, 1.54) is 7.11 Å². The first-order chi connectivity index (χ1) is 14.0. The van der Waals surface area contributed by atoms with Crippen molar-refractivity contribution >= 4 is 0 Å². The van der Waals surface area contributed by atoms with Crippen LogP contribution < -0.4 is 9.47 Å². The van der Waals surface area contributed by atoms with Gasteiger partial charge in [0.1, 0.15) is 0 Å². The average Bonchev–Trinajstić information content (AvgIpc) is 2.72. The SMILES string of the molecule is C=CCc1cc(CN2CCN(Cc3ccc(OC)c(F)c3)CC2)c(O)c(OC)c1. The minimum atomic E-state index is -0.326. The molecule has 1 saturated heterocycles. The molecule has 3 rings (SSSR count). The van der Waals surface area contributed by atoms with E-state index in [0.717, 1.165) is 49.3 Å². The van der Waals surface area contributed by atoms with Gasteiger partial charge >= 0.3 is 0 Å². The zero-order valence-electron chi connectivity index (χ0n) is 17.2. The fraction of sp³-hybridized carbons (Fsp3) is 0.391. The van der Waals surface area contributed by atoms with Gasteiger partial charge in [0.15, 0.2) is 23.1 Å². The van der Waals surface area contributed by atoms with E-state index in [1.807, 2.05) is 24.3 Å². The first kappa shape index (κ1) is 21.1. The number of piperazine rings is 1. The molecule has 1 aliphatic heterocycles. The molecule has 1 aliphatic rings. The molecule has 1 heterocycles. The molecule has 0 aromatic heterocycles. The van der Waals surface area contributed by atoms with Gasteiger partial charge in [-0.05, 0) is 35.7 Å². The van der Waals surface area contributed by atoms with Crippen LogP contribution in [0.15, 0.2) is 43.0 Å². The number of ether oxygens (including phenoxy) is 2. The smallest absolute Gasteiger partial charge is 0.165 e. The number of methoxy groups -OCH3 is 2. The van der Waals surface area contributed by atoms with Crippen molar-refractivity contribution in [1.82, 2.24) is 9.80 Å². The summed E-state index contributed by atoms with van der Waals surface area (Å²) in [7, 11) is 3.04. The fourth-order valence-electron chi connectivity index (χ4n) is 3.70. The van der Waals surface area contributed by atoms with Crippen molar-refractivity contribution in [3.05, 3.63) is 65.5 Å². The van der Waals surface area contributed by atoms with Crippen LogP contribution in [0.25, 0.3) is 0 Å². The molecule has 0 saturated carbocycles. The molecule has 0 bridgehead atoms. The summed E-state index contributed by atoms with van der Waals surface area (Å²) in [5, 5.41) is 10.5. The van der Waals surface area contributed by atoms with Crippen LogP contribution >= 0.6 is 0 Å². The Labute approximate surface area is 172 Å². The molecule has 0 aliphatic carbocycles. The van der Waals surface area contributed by atoms with E-state index in [9.17, 15) is 9.50 Å². The third-order valence-electron chi connectivity index (χ3n) is 5.29. The number of phenols is 1. The number of allylic oxidation sites excluding steroid dienone is 1. The van der Waals surface area contributed by atoms with Gasteiger partial charge in [0.2, 0.25) is 0 Å². The summed E-state index contributed by atoms with van der Waals surface area (Å²) in [5.74, 6) is 0.649. The van der Waals surface area contributed by atoms with E-state index in [4.69, 9.17) is 9.47 Å². The van der Waals surface area contributed by atoms with Crippen LogP contribution in [0, 0.1) is 5.82 Å². The van der Waals surface area contributed by atoms with Gasteiger partial charge in [-0.3, -0.25) is 9.80 Å². The summed E-state index contributed by atoms with van der Waals surface area (Å²) in [6.45, 7) is 8.70. The lowest BCUT2D eigenvalue weighted by Crippen LogP contribution is -2.45. The second-order valence-electron chi connectivity index (χ2n) is 7.32. The van der Waals surface area contributed by atoms with Gasteiger partial charge in [0, 0.05) is 44.8 Å². The van der Waals surface area contributed by atoms with E-state index in [0.29, 0.717) is 18.8 Å². The van der Waals surface area contributed by atoms with E-state index in [1.54, 1.807) is 19.2 Å². The standard InChI is InChI=1S/C23H29FN2O3/c1-4-5-17-12-19(23(27)22(14-17)29-3)16-26-10-8-25(9-11-26)15-18-6-7-21(28-2)20(24)13-18/h4,6-7,12-14,27H,1,5,8-11,15-16H2,2-3H3. The second-order valence-corrected chi connectivity index (χ2v) is 7.32. The normalized spacial score (nSPS) is 15.3. The first-order valence-electron chi connectivity index (χ1n) is 9.80. The number of hydrogen-bond donors (Lipinski definition) is 1. The minimum Gasteiger partial charge on any atom is -0.504 e. The summed E-state index contributed by atoms with van der Waals surface area (Å²) < 4.78 is 24.2. The van der Waals surface area contributed by atoms with Crippen molar-refractivity contribution in [1.29, 1.82) is 0 Å². The maximum Gasteiger partial charge on any atom is 0.165 e. The van der Waals surface area contributed by atoms with E-state index in [2.05, 4.69) is 16.4 Å². The van der Waals surface area contributed by atoms with Gasteiger partial charge in [-0.1, -0.05) is 18.2 Å². The van der Waals surface area contributed by atoms with Crippen molar-refractivity contribution in [2.24, 2.45) is 0 Å². The summed E-state index contributed by atoms with van der Waals surface area (Å²) in [5.41, 5.74) is 2.88. The van der Waals surface area contributed by atoms with Crippen molar-refractivity contribution < 1.29 is 19.0 Å². The molecule has 6 heteroatoms. The quantitative estimate of drug-likeness (QED) is 0.686. The molecule has 0 unspecified atom stereocenters. The molecular formula is C23H29FN2O3. The van der Waals surface area contributed by atoms with Gasteiger partial charge in [-0.15, -0.1) is 6.58 Å². The van der Waals surface area contributed by atoms with Crippen molar-refractivity contribution in [3.8, 4) is 17.2 Å². The Bertz CT molecular complexity index is 848. The highest BCUT2D eigenvalue weighted by Crippen LogP contribution is 2.33. The minimum absolute atomic E-state index is 0.205. The van der Waals surface area contributed by atoms with E-state index >= 15 is 0 Å². The molecule has 1 fully saturated rings. The molecule has 0 spiro atoms. The van der Waals surface area contributed by atoms with Crippen LogP contribution in [0.4, 0.5) is 4.39 Å². The zero-order valence-corrected chi connectivity index (χ0v) is 17.2. The van der Waals surface area contributed by atoms with Crippen molar-refractivity contribution in [2.75, 3.05) is 40.4 Å². The number of hydrogen-bond acceptors (Lipinski definition) is 5. The number of halogens is 1. The molecule has 0 radical (unpaired) electrons. The summed E-state index contributed by atoms with van der Waals surface area (Å²) >= 11 is 0. The highest BCUT2D eigenvalue weighted by Gasteiger charge is 2.20. The second kappa shape index (κ2) is 9.76. The maximum absolute atomic E-state index is 13.9. The Hall–Kier alpha value is -2.57. The Morgan fingerprint density at radius 3 is 2.21 bits per heavy atom. The molecule has 2 aromatic rings. The van der Waals surface area contributed by atoms with Crippen LogP contribution in [-0.2, 0) is 19.5 Å². The Morgan fingerprint density at radius 1 is 0.966 bits per heavy atom.